The molecular formula is C18H20N2O3S. The fourth-order valence-electron chi connectivity index (χ4n) is 2.54. The van der Waals surface area contributed by atoms with Crippen LogP contribution in [0.4, 0.5) is 5.69 Å². The van der Waals surface area contributed by atoms with Crippen LogP contribution in [-0.2, 0) is 16.0 Å². The molecule has 5 nitrogen and oxygen atoms in total. The van der Waals surface area contributed by atoms with Gasteiger partial charge in [0.2, 0.25) is 5.91 Å². The third kappa shape index (κ3) is 3.64. The zero-order valence-electron chi connectivity index (χ0n) is 13.8. The fourth-order valence-corrected chi connectivity index (χ4v) is 3.30. The molecule has 24 heavy (non-hydrogen) atoms. The van der Waals surface area contributed by atoms with Crippen LogP contribution < -0.4 is 4.90 Å². The Balaban J connectivity index is 1.66. The summed E-state index contributed by atoms with van der Waals surface area (Å²) in [7, 11) is 1.72. The number of carbonyl (C=O) groups is 2. The Bertz CT molecular complexity index is 752. The highest BCUT2D eigenvalue weighted by molar-refractivity contribution is 7.09. The van der Waals surface area contributed by atoms with Crippen molar-refractivity contribution in [1.29, 1.82) is 0 Å². The minimum absolute atomic E-state index is 0.0653. The SMILES string of the molecule is Cc1ncsc1CCOC(=O)c1ccccc1N(C)C(=O)C1CC1. The van der Waals surface area contributed by atoms with Crippen molar-refractivity contribution in [3.8, 4) is 0 Å². The molecule has 1 aliphatic carbocycles. The van der Waals surface area contributed by atoms with Crippen LogP contribution in [-0.4, -0.2) is 30.5 Å². The van der Waals surface area contributed by atoms with Gasteiger partial charge in [-0.1, -0.05) is 12.1 Å². The number of para-hydroxylation sites is 1. The molecule has 0 atom stereocenters. The number of carbonyl (C=O) groups excluding carboxylic acids is 2. The minimum Gasteiger partial charge on any atom is -0.462 e. The molecule has 2 aromatic rings. The van der Waals surface area contributed by atoms with Gasteiger partial charge in [0.15, 0.2) is 0 Å². The number of benzene rings is 1. The topological polar surface area (TPSA) is 59.5 Å². The Morgan fingerprint density at radius 2 is 2.08 bits per heavy atom. The van der Waals surface area contributed by atoms with E-state index in [0.717, 1.165) is 23.4 Å². The van der Waals surface area contributed by atoms with Crippen LogP contribution in [0, 0.1) is 12.8 Å². The summed E-state index contributed by atoms with van der Waals surface area (Å²) in [4.78, 5) is 31.6. The smallest absolute Gasteiger partial charge is 0.340 e. The number of hydrogen-bond donors (Lipinski definition) is 0. The van der Waals surface area contributed by atoms with Gasteiger partial charge in [-0.05, 0) is 31.9 Å². The number of ether oxygens (including phenoxy) is 1. The maximum atomic E-state index is 12.4. The number of anilines is 1. The van der Waals surface area contributed by atoms with Gasteiger partial charge in [-0.15, -0.1) is 11.3 Å². The average Bonchev–Trinajstić information content (AvgIpc) is 3.37. The molecular weight excluding hydrogens is 324 g/mol. The Hall–Kier alpha value is -2.21. The van der Waals surface area contributed by atoms with Gasteiger partial charge in [-0.2, -0.15) is 0 Å². The van der Waals surface area contributed by atoms with Crippen molar-refractivity contribution in [3.63, 3.8) is 0 Å². The van der Waals surface area contributed by atoms with Crippen LogP contribution in [0.25, 0.3) is 0 Å². The quantitative estimate of drug-likeness (QED) is 0.755. The summed E-state index contributed by atoms with van der Waals surface area (Å²) < 4.78 is 5.41. The Morgan fingerprint density at radius 3 is 2.75 bits per heavy atom. The first-order valence-corrected chi connectivity index (χ1v) is 8.88. The molecule has 1 heterocycles. The third-order valence-electron chi connectivity index (χ3n) is 4.15. The standard InChI is InChI=1S/C18H20N2O3S/c1-12-16(24-11-19-12)9-10-23-18(22)14-5-3-4-6-15(14)20(2)17(21)13-7-8-13/h3-6,11,13H,7-10H2,1-2H3. The van der Waals surface area contributed by atoms with Crippen LogP contribution >= 0.6 is 11.3 Å². The zero-order valence-corrected chi connectivity index (χ0v) is 14.6. The Labute approximate surface area is 145 Å². The van der Waals surface area contributed by atoms with E-state index in [0.29, 0.717) is 24.3 Å². The lowest BCUT2D eigenvalue weighted by Gasteiger charge is -2.20. The number of aryl methyl sites for hydroxylation is 1. The Kier molecular flexibility index (Phi) is 4.94. The molecule has 0 aliphatic heterocycles. The maximum absolute atomic E-state index is 12.4. The number of nitrogens with zero attached hydrogens (tertiary/aromatic N) is 2. The first-order chi connectivity index (χ1) is 11.6. The van der Waals surface area contributed by atoms with Crippen LogP contribution in [0.5, 0.6) is 0 Å². The van der Waals surface area contributed by atoms with Crippen LogP contribution in [0.2, 0.25) is 0 Å². The third-order valence-corrected chi connectivity index (χ3v) is 5.14. The van der Waals surface area contributed by atoms with Gasteiger partial charge in [0.25, 0.3) is 0 Å². The van der Waals surface area contributed by atoms with Gasteiger partial charge in [0.1, 0.15) is 0 Å². The van der Waals surface area contributed by atoms with Crippen molar-refractivity contribution < 1.29 is 14.3 Å². The molecule has 0 spiro atoms. The van der Waals surface area contributed by atoms with E-state index in [4.69, 9.17) is 4.74 Å². The van der Waals surface area contributed by atoms with E-state index < -0.39 is 5.97 Å². The highest BCUT2D eigenvalue weighted by atomic mass is 32.1. The molecule has 3 rings (SSSR count). The Morgan fingerprint density at radius 1 is 1.33 bits per heavy atom. The average molecular weight is 344 g/mol. The second-order valence-corrected chi connectivity index (χ2v) is 6.87. The molecule has 1 aromatic carbocycles. The second-order valence-electron chi connectivity index (χ2n) is 5.94. The summed E-state index contributed by atoms with van der Waals surface area (Å²) in [5.74, 6) is -0.230. The monoisotopic (exact) mass is 344 g/mol. The molecule has 0 unspecified atom stereocenters. The summed E-state index contributed by atoms with van der Waals surface area (Å²) in [5.41, 5.74) is 3.80. The molecule has 6 heteroatoms. The van der Waals surface area contributed by atoms with E-state index in [9.17, 15) is 9.59 Å². The summed E-state index contributed by atoms with van der Waals surface area (Å²) >= 11 is 1.56. The molecule has 1 aliphatic rings. The van der Waals surface area contributed by atoms with E-state index in [1.54, 1.807) is 47.0 Å². The zero-order chi connectivity index (χ0) is 17.1. The molecule has 0 saturated heterocycles. The number of hydrogen-bond acceptors (Lipinski definition) is 5. The number of rotatable bonds is 6. The van der Waals surface area contributed by atoms with E-state index in [-0.39, 0.29) is 11.8 Å². The largest absolute Gasteiger partial charge is 0.462 e. The summed E-state index contributed by atoms with van der Waals surface area (Å²) in [6.07, 6.45) is 2.52. The molecule has 1 aromatic heterocycles. The van der Waals surface area contributed by atoms with E-state index in [1.165, 1.54) is 0 Å². The lowest BCUT2D eigenvalue weighted by Crippen LogP contribution is -2.29. The predicted octanol–water partition coefficient (Wildman–Crippen LogP) is 3.22. The van der Waals surface area contributed by atoms with Crippen molar-refractivity contribution in [2.45, 2.75) is 26.2 Å². The van der Waals surface area contributed by atoms with Gasteiger partial charge in [0, 0.05) is 24.3 Å². The molecule has 126 valence electrons. The van der Waals surface area contributed by atoms with Crippen LogP contribution in [0.1, 0.15) is 33.8 Å². The molecule has 0 bridgehead atoms. The first-order valence-electron chi connectivity index (χ1n) is 8.00. The summed E-state index contributed by atoms with van der Waals surface area (Å²) in [6.45, 7) is 2.25. The first kappa shape index (κ1) is 16.6. The van der Waals surface area contributed by atoms with E-state index in [1.807, 2.05) is 13.0 Å². The van der Waals surface area contributed by atoms with Gasteiger partial charge in [-0.25, -0.2) is 9.78 Å². The molecule has 1 fully saturated rings. The predicted molar refractivity (Wildman–Crippen MR) is 93.4 cm³/mol. The van der Waals surface area contributed by atoms with E-state index >= 15 is 0 Å². The highest BCUT2D eigenvalue weighted by Gasteiger charge is 2.33. The van der Waals surface area contributed by atoms with Crippen molar-refractivity contribution in [1.82, 2.24) is 4.98 Å². The molecule has 1 saturated carbocycles. The number of aromatic nitrogens is 1. The molecule has 1 amide bonds. The van der Waals surface area contributed by atoms with Gasteiger partial charge in [-0.3, -0.25) is 4.79 Å². The fraction of sp³-hybridized carbons (Fsp3) is 0.389. The lowest BCUT2D eigenvalue weighted by atomic mass is 10.1. The number of esters is 1. The number of thiazole rings is 1. The minimum atomic E-state index is -0.400. The molecule has 0 N–H and O–H groups in total. The van der Waals surface area contributed by atoms with Crippen molar-refractivity contribution in [3.05, 3.63) is 45.9 Å². The van der Waals surface area contributed by atoms with E-state index in [2.05, 4.69) is 4.98 Å². The summed E-state index contributed by atoms with van der Waals surface area (Å²) in [6, 6.07) is 7.09. The van der Waals surface area contributed by atoms with Crippen LogP contribution in [0.15, 0.2) is 29.8 Å². The molecule has 0 radical (unpaired) electrons. The number of amides is 1. The van der Waals surface area contributed by atoms with Gasteiger partial charge < -0.3 is 9.64 Å². The van der Waals surface area contributed by atoms with Crippen molar-refractivity contribution in [2.75, 3.05) is 18.6 Å². The summed E-state index contributed by atoms with van der Waals surface area (Å²) in [5, 5.41) is 0. The second kappa shape index (κ2) is 7.13. The van der Waals surface area contributed by atoms with Gasteiger partial charge >= 0.3 is 5.97 Å². The van der Waals surface area contributed by atoms with Crippen LogP contribution in [0.3, 0.4) is 0 Å². The van der Waals surface area contributed by atoms with Crippen molar-refractivity contribution in [2.24, 2.45) is 5.92 Å². The van der Waals surface area contributed by atoms with Crippen molar-refractivity contribution >= 4 is 28.9 Å². The maximum Gasteiger partial charge on any atom is 0.340 e. The highest BCUT2D eigenvalue weighted by Crippen LogP contribution is 2.33. The van der Waals surface area contributed by atoms with Gasteiger partial charge in [0.05, 0.1) is 29.1 Å². The lowest BCUT2D eigenvalue weighted by molar-refractivity contribution is -0.119. The normalized spacial score (nSPS) is 13.6.